The normalized spacial score (nSPS) is 10.6. The van der Waals surface area contributed by atoms with Crippen LogP contribution in [-0.4, -0.2) is 22.3 Å². The van der Waals surface area contributed by atoms with E-state index in [1.165, 1.54) is 22.9 Å². The van der Waals surface area contributed by atoms with Crippen LogP contribution < -0.4 is 20.2 Å². The molecule has 0 bridgehead atoms. The van der Waals surface area contributed by atoms with Crippen molar-refractivity contribution in [3.05, 3.63) is 106 Å². The summed E-state index contributed by atoms with van der Waals surface area (Å²) in [5.41, 5.74) is -0.0722. The molecule has 0 radical (unpaired) electrons. The molecular weight excluding hydrogens is 437 g/mol. The first-order chi connectivity index (χ1) is 16.5. The van der Waals surface area contributed by atoms with Crippen LogP contribution in [0.2, 0.25) is 0 Å². The molecular formula is C26H22FN3O4. The minimum atomic E-state index is -0.738. The van der Waals surface area contributed by atoms with Crippen molar-refractivity contribution in [1.29, 1.82) is 0 Å². The number of rotatable bonds is 7. The molecule has 1 N–H and O–H groups in total. The zero-order chi connectivity index (χ0) is 24.1. The number of hydrogen-bond acceptors (Lipinski definition) is 5. The van der Waals surface area contributed by atoms with E-state index in [4.69, 9.17) is 9.47 Å². The van der Waals surface area contributed by atoms with Crippen LogP contribution in [0.25, 0.3) is 5.69 Å². The first kappa shape index (κ1) is 22.7. The van der Waals surface area contributed by atoms with Crippen molar-refractivity contribution in [2.45, 2.75) is 13.8 Å². The Morgan fingerprint density at radius 3 is 2.41 bits per heavy atom. The van der Waals surface area contributed by atoms with Crippen molar-refractivity contribution in [3.8, 4) is 22.9 Å². The third kappa shape index (κ3) is 4.96. The zero-order valence-electron chi connectivity index (χ0n) is 18.6. The molecule has 0 aliphatic heterocycles. The summed E-state index contributed by atoms with van der Waals surface area (Å²) in [5, 5.41) is 6.81. The summed E-state index contributed by atoms with van der Waals surface area (Å²) in [6, 6.07) is 21.1. The number of para-hydroxylation sites is 3. The monoisotopic (exact) mass is 459 g/mol. The van der Waals surface area contributed by atoms with E-state index in [-0.39, 0.29) is 11.4 Å². The first-order valence-corrected chi connectivity index (χ1v) is 10.6. The van der Waals surface area contributed by atoms with Crippen molar-refractivity contribution in [1.82, 2.24) is 9.78 Å². The molecule has 1 amide bonds. The largest absolute Gasteiger partial charge is 0.494 e. The van der Waals surface area contributed by atoms with Crippen LogP contribution in [0.5, 0.6) is 17.2 Å². The molecule has 4 aromatic rings. The Balaban J connectivity index is 1.61. The maximum absolute atomic E-state index is 14.3. The van der Waals surface area contributed by atoms with Gasteiger partial charge in [-0.2, -0.15) is 5.10 Å². The molecule has 4 rings (SSSR count). The van der Waals surface area contributed by atoms with Gasteiger partial charge in [-0.25, -0.2) is 9.07 Å². The van der Waals surface area contributed by atoms with E-state index in [0.717, 1.165) is 0 Å². The lowest BCUT2D eigenvalue weighted by molar-refractivity contribution is 0.101. The number of halogens is 1. The van der Waals surface area contributed by atoms with Crippen LogP contribution in [0.1, 0.15) is 23.1 Å². The number of nitrogens with one attached hydrogen (secondary N) is 1. The molecule has 0 saturated carbocycles. The second-order valence-electron chi connectivity index (χ2n) is 7.32. The van der Waals surface area contributed by atoms with Gasteiger partial charge in [0.1, 0.15) is 23.0 Å². The van der Waals surface area contributed by atoms with Crippen LogP contribution in [0, 0.1) is 12.7 Å². The van der Waals surface area contributed by atoms with Crippen molar-refractivity contribution in [2.24, 2.45) is 0 Å². The van der Waals surface area contributed by atoms with Crippen LogP contribution in [0.4, 0.5) is 10.1 Å². The van der Waals surface area contributed by atoms with E-state index in [1.807, 2.05) is 6.92 Å². The van der Waals surface area contributed by atoms with Gasteiger partial charge in [-0.1, -0.05) is 24.3 Å². The molecule has 0 aliphatic carbocycles. The van der Waals surface area contributed by atoms with Crippen LogP contribution in [-0.2, 0) is 0 Å². The van der Waals surface area contributed by atoms with E-state index in [9.17, 15) is 14.0 Å². The molecule has 34 heavy (non-hydrogen) atoms. The van der Waals surface area contributed by atoms with Gasteiger partial charge in [-0.15, -0.1) is 0 Å². The summed E-state index contributed by atoms with van der Waals surface area (Å²) in [4.78, 5) is 25.5. The van der Waals surface area contributed by atoms with Crippen LogP contribution in [0.15, 0.2) is 83.7 Å². The standard InChI is InChI=1S/C26H22FN3O4/c1-3-33-18-12-14-19(15-13-18)34-24-11-7-5-9-21(24)28-26(32)25-23(31)16-17(2)30(29-25)22-10-6-4-8-20(22)27/h4-16H,3H2,1-2H3,(H,28,32). The average Bonchev–Trinajstić information content (AvgIpc) is 2.82. The number of carbonyl (C=O) groups excluding carboxylic acids is 1. The quantitative estimate of drug-likeness (QED) is 0.415. The maximum Gasteiger partial charge on any atom is 0.280 e. The Morgan fingerprint density at radius 2 is 1.68 bits per heavy atom. The Labute approximate surface area is 195 Å². The molecule has 0 saturated heterocycles. The Morgan fingerprint density at radius 1 is 1.00 bits per heavy atom. The van der Waals surface area contributed by atoms with Crippen molar-refractivity contribution in [3.63, 3.8) is 0 Å². The van der Waals surface area contributed by atoms with Crippen molar-refractivity contribution >= 4 is 11.6 Å². The molecule has 1 aromatic heterocycles. The number of nitrogens with zero attached hydrogens (tertiary/aromatic N) is 2. The fourth-order valence-electron chi connectivity index (χ4n) is 3.31. The first-order valence-electron chi connectivity index (χ1n) is 10.6. The minimum absolute atomic E-state index is 0.133. The minimum Gasteiger partial charge on any atom is -0.494 e. The lowest BCUT2D eigenvalue weighted by atomic mass is 10.2. The number of ether oxygens (including phenoxy) is 2. The number of benzene rings is 3. The predicted octanol–water partition coefficient (Wildman–Crippen LogP) is 5.12. The van der Waals surface area contributed by atoms with Gasteiger partial charge in [0.15, 0.2) is 11.4 Å². The summed E-state index contributed by atoms with van der Waals surface area (Å²) in [5.74, 6) is 0.370. The van der Waals surface area contributed by atoms with E-state index < -0.39 is 17.2 Å². The molecule has 7 nitrogen and oxygen atoms in total. The smallest absolute Gasteiger partial charge is 0.280 e. The third-order valence-electron chi connectivity index (χ3n) is 4.90. The molecule has 0 atom stereocenters. The maximum atomic E-state index is 14.3. The fourth-order valence-corrected chi connectivity index (χ4v) is 3.31. The Hall–Kier alpha value is -4.46. The molecule has 1 heterocycles. The highest BCUT2D eigenvalue weighted by Gasteiger charge is 2.18. The zero-order valence-corrected chi connectivity index (χ0v) is 18.6. The lowest BCUT2D eigenvalue weighted by Gasteiger charge is -2.14. The number of aromatic nitrogens is 2. The average molecular weight is 459 g/mol. The summed E-state index contributed by atoms with van der Waals surface area (Å²) in [7, 11) is 0. The second kappa shape index (κ2) is 9.99. The van der Waals surface area contributed by atoms with Gasteiger partial charge in [0.25, 0.3) is 5.91 Å². The molecule has 0 spiro atoms. The number of carbonyl (C=O) groups is 1. The highest BCUT2D eigenvalue weighted by atomic mass is 19.1. The highest BCUT2D eigenvalue weighted by molar-refractivity contribution is 6.03. The van der Waals surface area contributed by atoms with Gasteiger partial charge < -0.3 is 14.8 Å². The summed E-state index contributed by atoms with van der Waals surface area (Å²) in [6.07, 6.45) is 0. The molecule has 8 heteroatoms. The van der Waals surface area contributed by atoms with Gasteiger partial charge in [-0.3, -0.25) is 9.59 Å². The van der Waals surface area contributed by atoms with Gasteiger partial charge in [0.2, 0.25) is 5.43 Å². The van der Waals surface area contributed by atoms with Crippen LogP contribution >= 0.6 is 0 Å². The third-order valence-corrected chi connectivity index (χ3v) is 4.90. The molecule has 0 fully saturated rings. The highest BCUT2D eigenvalue weighted by Crippen LogP contribution is 2.30. The summed E-state index contributed by atoms with van der Waals surface area (Å²) in [6.45, 7) is 4.07. The van der Waals surface area contributed by atoms with E-state index in [2.05, 4.69) is 10.4 Å². The second-order valence-corrected chi connectivity index (χ2v) is 7.32. The Kier molecular flexibility index (Phi) is 6.68. The summed E-state index contributed by atoms with van der Waals surface area (Å²) < 4.78 is 26.9. The van der Waals surface area contributed by atoms with Crippen molar-refractivity contribution < 1.29 is 18.7 Å². The molecule has 3 aromatic carbocycles. The topological polar surface area (TPSA) is 82.4 Å². The number of aryl methyl sites for hydroxylation is 1. The van der Waals surface area contributed by atoms with Gasteiger partial charge in [0.05, 0.1) is 12.3 Å². The van der Waals surface area contributed by atoms with Crippen LogP contribution in [0.3, 0.4) is 0 Å². The van der Waals surface area contributed by atoms with E-state index >= 15 is 0 Å². The Bertz CT molecular complexity index is 1380. The number of hydrogen-bond donors (Lipinski definition) is 1. The molecule has 0 aliphatic rings. The lowest BCUT2D eigenvalue weighted by Crippen LogP contribution is -2.27. The fraction of sp³-hybridized carbons (Fsp3) is 0.115. The SMILES string of the molecule is CCOc1ccc(Oc2ccccc2NC(=O)c2nn(-c3ccccc3F)c(C)cc2=O)cc1. The number of amides is 1. The molecule has 0 unspecified atom stereocenters. The predicted molar refractivity (Wildman–Crippen MR) is 127 cm³/mol. The van der Waals surface area contributed by atoms with Crippen molar-refractivity contribution in [2.75, 3.05) is 11.9 Å². The van der Waals surface area contributed by atoms with Gasteiger partial charge in [0, 0.05) is 11.8 Å². The van der Waals surface area contributed by atoms with Gasteiger partial charge >= 0.3 is 0 Å². The number of anilines is 1. The van der Waals surface area contributed by atoms with E-state index in [1.54, 1.807) is 67.6 Å². The summed E-state index contributed by atoms with van der Waals surface area (Å²) >= 11 is 0. The van der Waals surface area contributed by atoms with E-state index in [0.29, 0.717) is 35.2 Å². The van der Waals surface area contributed by atoms with Gasteiger partial charge in [-0.05, 0) is 62.4 Å². The molecule has 172 valence electrons.